The molecule has 0 aliphatic carbocycles. The quantitative estimate of drug-likeness (QED) is 0.866. The van der Waals surface area contributed by atoms with Gasteiger partial charge in [0, 0.05) is 6.92 Å². The smallest absolute Gasteiger partial charge is 0.214 e. The molecule has 0 amide bonds. The Hall–Kier alpha value is -2.88. The van der Waals surface area contributed by atoms with Gasteiger partial charge in [0.25, 0.3) is 0 Å². The van der Waals surface area contributed by atoms with E-state index in [4.69, 9.17) is 14.9 Å². The van der Waals surface area contributed by atoms with E-state index in [1.165, 1.54) is 0 Å². The Balaban J connectivity index is 2.25. The fourth-order valence-corrected chi connectivity index (χ4v) is 4.58. The van der Waals surface area contributed by atoms with Crippen LogP contribution in [0, 0.1) is 56.2 Å². The van der Waals surface area contributed by atoms with Gasteiger partial charge in [-0.05, 0) is 23.5 Å². The Morgan fingerprint density at radius 2 is 1.70 bits per heavy atom. The molecule has 6 nitrogen and oxygen atoms in total. The molecule has 0 spiro atoms. The van der Waals surface area contributed by atoms with Crippen LogP contribution in [0.3, 0.4) is 0 Å². The zero-order chi connectivity index (χ0) is 20.0. The minimum absolute atomic E-state index is 0.336. The van der Waals surface area contributed by atoms with Crippen molar-refractivity contribution in [2.45, 2.75) is 51.9 Å². The maximum atomic E-state index is 10.1. The van der Waals surface area contributed by atoms with E-state index in [1.807, 2.05) is 31.2 Å². The van der Waals surface area contributed by atoms with Gasteiger partial charge < -0.3 is 9.47 Å². The Bertz CT molecular complexity index is 888. The highest BCUT2D eigenvalue weighted by molar-refractivity contribution is 5.89. The van der Waals surface area contributed by atoms with E-state index >= 15 is 0 Å². The summed E-state index contributed by atoms with van der Waals surface area (Å²) in [6.07, 6.45) is -0.555. The Kier molecular flexibility index (Phi) is 4.26. The lowest BCUT2D eigenvalue weighted by atomic mass is 9.53. The molecule has 2 fully saturated rings. The number of nitriles is 3. The molecule has 2 aliphatic rings. The van der Waals surface area contributed by atoms with Gasteiger partial charge in [0.15, 0.2) is 5.41 Å². The highest BCUT2D eigenvalue weighted by Gasteiger charge is 2.78. The first-order valence-electron chi connectivity index (χ1n) is 9.05. The van der Waals surface area contributed by atoms with Crippen molar-refractivity contribution in [3.63, 3.8) is 0 Å². The molecule has 27 heavy (non-hydrogen) atoms. The number of benzene rings is 1. The van der Waals surface area contributed by atoms with Crippen LogP contribution in [0.5, 0.6) is 0 Å². The van der Waals surface area contributed by atoms with Crippen LogP contribution in [0.15, 0.2) is 24.3 Å². The molecule has 2 saturated heterocycles. The molecule has 1 aromatic carbocycles. The summed E-state index contributed by atoms with van der Waals surface area (Å²) in [4.78, 5) is 0. The van der Waals surface area contributed by atoms with E-state index in [9.17, 15) is 15.8 Å². The van der Waals surface area contributed by atoms with E-state index < -0.39 is 28.6 Å². The second-order valence-electron chi connectivity index (χ2n) is 7.68. The summed E-state index contributed by atoms with van der Waals surface area (Å²) in [5, 5.41) is 38.7. The molecule has 1 aromatic rings. The van der Waals surface area contributed by atoms with Crippen LogP contribution >= 0.6 is 0 Å². The molecule has 0 saturated carbocycles. The predicted octanol–water partition coefficient (Wildman–Crippen LogP) is 4.17. The third-order valence-corrected chi connectivity index (χ3v) is 6.03. The van der Waals surface area contributed by atoms with Gasteiger partial charge in [-0.1, -0.05) is 45.0 Å². The van der Waals surface area contributed by atoms with Gasteiger partial charge in [-0.2, -0.15) is 15.8 Å². The Morgan fingerprint density at radius 3 is 2.15 bits per heavy atom. The van der Waals surface area contributed by atoms with Crippen LogP contribution in [-0.4, -0.2) is 11.7 Å². The standard InChI is InChI=1S/C21H22N4O2/c1-5-16-19(4)26-17(15-8-6-14(7-9-15)13(2)3)20(10-22,11-23)21(16,12-24)18(25)27-19/h6-9,13,16-17,25H,5H2,1-4H3. The Morgan fingerprint density at radius 1 is 1.11 bits per heavy atom. The summed E-state index contributed by atoms with van der Waals surface area (Å²) in [5.41, 5.74) is -1.82. The van der Waals surface area contributed by atoms with Crippen LogP contribution in [0.4, 0.5) is 0 Å². The number of fused-ring (bicyclic) bond motifs is 2. The number of ether oxygens (including phenoxy) is 2. The SMILES string of the molecule is CCC1C2(C)OC(=N)C1(C#N)C(C#N)(C#N)C(c1ccc(C(C)C)cc1)O2. The number of rotatable bonds is 3. The molecule has 138 valence electrons. The lowest BCUT2D eigenvalue weighted by molar-refractivity contribution is -0.273. The number of nitrogens with zero attached hydrogens (tertiary/aromatic N) is 3. The van der Waals surface area contributed by atoms with Gasteiger partial charge in [0.05, 0.1) is 24.1 Å². The minimum atomic E-state index is -1.88. The van der Waals surface area contributed by atoms with Crippen LogP contribution in [-0.2, 0) is 9.47 Å². The van der Waals surface area contributed by atoms with Crippen LogP contribution in [0.1, 0.15) is 57.3 Å². The van der Waals surface area contributed by atoms with Crippen molar-refractivity contribution < 1.29 is 9.47 Å². The van der Waals surface area contributed by atoms with E-state index in [2.05, 4.69) is 32.1 Å². The fourth-order valence-electron chi connectivity index (χ4n) is 4.58. The predicted molar refractivity (Wildman–Crippen MR) is 97.1 cm³/mol. The molecule has 0 radical (unpaired) electrons. The van der Waals surface area contributed by atoms with Crippen LogP contribution in [0.25, 0.3) is 0 Å². The molecule has 6 heteroatoms. The van der Waals surface area contributed by atoms with Crippen LogP contribution in [0.2, 0.25) is 0 Å². The molecular weight excluding hydrogens is 340 g/mol. The van der Waals surface area contributed by atoms with Crippen molar-refractivity contribution in [1.82, 2.24) is 0 Å². The summed E-state index contributed by atoms with van der Waals surface area (Å²) < 4.78 is 11.9. The van der Waals surface area contributed by atoms with Gasteiger partial charge in [0.2, 0.25) is 17.1 Å². The molecule has 2 heterocycles. The fraction of sp³-hybridized carbons (Fsp3) is 0.524. The first-order chi connectivity index (χ1) is 12.8. The second kappa shape index (κ2) is 6.08. The minimum Gasteiger partial charge on any atom is -0.448 e. The van der Waals surface area contributed by atoms with Crippen molar-refractivity contribution in [3.8, 4) is 18.2 Å². The largest absolute Gasteiger partial charge is 0.448 e. The number of nitrogens with one attached hydrogen (secondary N) is 1. The molecule has 4 unspecified atom stereocenters. The lowest BCUT2D eigenvalue weighted by Gasteiger charge is -2.48. The topological polar surface area (TPSA) is 114 Å². The van der Waals surface area contributed by atoms with Gasteiger partial charge in [-0.15, -0.1) is 0 Å². The number of hydrogen-bond donors (Lipinski definition) is 1. The lowest BCUT2D eigenvalue weighted by Crippen LogP contribution is -2.58. The maximum absolute atomic E-state index is 10.1. The monoisotopic (exact) mass is 362 g/mol. The highest BCUT2D eigenvalue weighted by Crippen LogP contribution is 2.67. The molecule has 3 rings (SSSR count). The average molecular weight is 362 g/mol. The molecule has 1 N–H and O–H groups in total. The molecule has 2 aliphatic heterocycles. The van der Waals surface area contributed by atoms with E-state index in [0.29, 0.717) is 17.9 Å². The van der Waals surface area contributed by atoms with Crippen molar-refractivity contribution in [3.05, 3.63) is 35.4 Å². The maximum Gasteiger partial charge on any atom is 0.214 e. The summed E-state index contributed by atoms with van der Waals surface area (Å²) in [6.45, 7) is 7.68. The summed E-state index contributed by atoms with van der Waals surface area (Å²) in [7, 11) is 0. The summed E-state index contributed by atoms with van der Waals surface area (Å²) >= 11 is 0. The molecule has 2 bridgehead atoms. The average Bonchev–Trinajstić information content (AvgIpc) is 2.84. The first kappa shape index (κ1) is 18.9. The van der Waals surface area contributed by atoms with Gasteiger partial charge in [-0.25, -0.2) is 0 Å². The zero-order valence-electron chi connectivity index (χ0n) is 15.9. The highest BCUT2D eigenvalue weighted by atomic mass is 16.7. The first-order valence-corrected chi connectivity index (χ1v) is 9.05. The summed E-state index contributed by atoms with van der Waals surface area (Å²) in [5.74, 6) is -1.85. The van der Waals surface area contributed by atoms with E-state index in [-0.39, 0.29) is 5.90 Å². The second-order valence-corrected chi connectivity index (χ2v) is 7.68. The third-order valence-electron chi connectivity index (χ3n) is 6.03. The van der Waals surface area contributed by atoms with Gasteiger partial charge in [-0.3, -0.25) is 5.41 Å². The van der Waals surface area contributed by atoms with Gasteiger partial charge in [0.1, 0.15) is 6.10 Å². The van der Waals surface area contributed by atoms with Crippen molar-refractivity contribution in [2.24, 2.45) is 16.7 Å². The zero-order valence-corrected chi connectivity index (χ0v) is 15.9. The third kappa shape index (κ3) is 2.16. The Labute approximate surface area is 159 Å². The van der Waals surface area contributed by atoms with Gasteiger partial charge >= 0.3 is 0 Å². The van der Waals surface area contributed by atoms with Crippen LogP contribution < -0.4 is 0 Å². The molecular formula is C21H22N4O2. The van der Waals surface area contributed by atoms with E-state index in [0.717, 1.165) is 5.56 Å². The normalized spacial score (nSPS) is 33.6. The summed E-state index contributed by atoms with van der Waals surface area (Å²) in [6, 6.07) is 13.8. The van der Waals surface area contributed by atoms with E-state index in [1.54, 1.807) is 6.92 Å². The van der Waals surface area contributed by atoms with Crippen molar-refractivity contribution >= 4 is 5.90 Å². The molecule has 0 aromatic heterocycles. The van der Waals surface area contributed by atoms with Crippen molar-refractivity contribution in [2.75, 3.05) is 0 Å². The van der Waals surface area contributed by atoms with Crippen molar-refractivity contribution in [1.29, 1.82) is 21.2 Å². The molecule has 4 atom stereocenters. The number of hydrogen-bond acceptors (Lipinski definition) is 6.